The molecule has 0 saturated heterocycles. The third-order valence-electron chi connectivity index (χ3n) is 4.75. The number of amides is 2. The smallest absolute Gasteiger partial charge is 0.251 e. The standard InChI is InChI=1S/C23H21F2N5O3S/c1-23(2,33)12-8-15(24)20(16(25)9-12)17-10-14(21(27)32)22(34-17)30-18-5-3-4-13(29-18)11-28-19(31)6-7-26/h3-5,8-10,33H,6,11H2,1-2H3,(H2,27,32)(H,28,31)(H,29,30). The summed E-state index contributed by atoms with van der Waals surface area (Å²) in [5.74, 6) is -2.73. The first-order valence-corrected chi connectivity index (χ1v) is 10.8. The second kappa shape index (κ2) is 9.94. The number of nitrogens with two attached hydrogens (primary N) is 1. The van der Waals surface area contributed by atoms with Gasteiger partial charge in [0.05, 0.1) is 35.0 Å². The van der Waals surface area contributed by atoms with Crippen molar-refractivity contribution >= 4 is 34.0 Å². The molecular weight excluding hydrogens is 464 g/mol. The van der Waals surface area contributed by atoms with Gasteiger partial charge in [0.2, 0.25) is 5.91 Å². The molecule has 0 atom stereocenters. The quantitative estimate of drug-likeness (QED) is 0.384. The summed E-state index contributed by atoms with van der Waals surface area (Å²) < 4.78 is 29.6. The van der Waals surface area contributed by atoms with Gasteiger partial charge in [0.25, 0.3) is 5.91 Å². The lowest BCUT2D eigenvalue weighted by molar-refractivity contribution is -0.120. The Morgan fingerprint density at radius 1 is 1.24 bits per heavy atom. The van der Waals surface area contributed by atoms with Gasteiger partial charge >= 0.3 is 0 Å². The number of nitrogens with one attached hydrogen (secondary N) is 2. The van der Waals surface area contributed by atoms with E-state index in [9.17, 15) is 23.5 Å². The third-order valence-corrected chi connectivity index (χ3v) is 5.82. The van der Waals surface area contributed by atoms with Crippen molar-refractivity contribution in [1.82, 2.24) is 10.3 Å². The van der Waals surface area contributed by atoms with Gasteiger partial charge in [0.15, 0.2) is 0 Å². The highest BCUT2D eigenvalue weighted by molar-refractivity contribution is 7.20. The number of carbonyl (C=O) groups excluding carboxylic acids is 2. The van der Waals surface area contributed by atoms with Crippen molar-refractivity contribution in [2.45, 2.75) is 32.4 Å². The first-order valence-electron chi connectivity index (χ1n) is 10.0. The maximum atomic E-state index is 14.8. The van der Waals surface area contributed by atoms with Gasteiger partial charge in [-0.2, -0.15) is 5.26 Å². The molecule has 2 aromatic heterocycles. The van der Waals surface area contributed by atoms with Gasteiger partial charge < -0.3 is 21.5 Å². The highest BCUT2D eigenvalue weighted by Gasteiger charge is 2.24. The van der Waals surface area contributed by atoms with Crippen LogP contribution in [0.15, 0.2) is 36.4 Å². The Balaban J connectivity index is 1.92. The molecule has 2 heterocycles. The Bertz CT molecular complexity index is 1270. The van der Waals surface area contributed by atoms with Crippen LogP contribution in [0, 0.1) is 23.0 Å². The normalized spacial score (nSPS) is 11.1. The van der Waals surface area contributed by atoms with E-state index in [1.807, 2.05) is 0 Å². The van der Waals surface area contributed by atoms with Crippen molar-refractivity contribution in [3.8, 4) is 16.5 Å². The SMILES string of the molecule is CC(C)(O)c1cc(F)c(-c2cc(C(N)=O)c(Nc3cccc(CNC(=O)CC#N)n3)s2)c(F)c1. The number of carbonyl (C=O) groups is 2. The lowest BCUT2D eigenvalue weighted by Crippen LogP contribution is -2.22. The Morgan fingerprint density at radius 3 is 2.50 bits per heavy atom. The van der Waals surface area contributed by atoms with Gasteiger partial charge in [-0.1, -0.05) is 6.07 Å². The summed E-state index contributed by atoms with van der Waals surface area (Å²) in [6.45, 7) is 2.91. The number of nitrogens with zero attached hydrogens (tertiary/aromatic N) is 2. The zero-order chi connectivity index (χ0) is 25.0. The van der Waals surface area contributed by atoms with Crippen molar-refractivity contribution in [3.05, 3.63) is 64.9 Å². The number of benzene rings is 1. The number of hydrogen-bond donors (Lipinski definition) is 4. The van der Waals surface area contributed by atoms with Gasteiger partial charge in [-0.15, -0.1) is 11.3 Å². The van der Waals surface area contributed by atoms with E-state index in [1.165, 1.54) is 19.9 Å². The monoisotopic (exact) mass is 485 g/mol. The molecule has 0 fully saturated rings. The second-order valence-corrected chi connectivity index (χ2v) is 8.89. The average Bonchev–Trinajstić information content (AvgIpc) is 3.15. The van der Waals surface area contributed by atoms with E-state index >= 15 is 0 Å². The van der Waals surface area contributed by atoms with E-state index in [4.69, 9.17) is 11.0 Å². The third kappa shape index (κ3) is 5.72. The minimum absolute atomic E-state index is 0.0138. The second-order valence-electron chi connectivity index (χ2n) is 7.84. The summed E-state index contributed by atoms with van der Waals surface area (Å²) in [5, 5.41) is 24.3. The number of primary amides is 1. The van der Waals surface area contributed by atoms with Gasteiger partial charge in [-0.3, -0.25) is 9.59 Å². The average molecular weight is 486 g/mol. The van der Waals surface area contributed by atoms with Gasteiger partial charge in [0, 0.05) is 4.88 Å². The molecular formula is C23H21F2N5O3S. The number of hydrogen-bond acceptors (Lipinski definition) is 7. The van der Waals surface area contributed by atoms with Crippen molar-refractivity contribution in [1.29, 1.82) is 5.26 Å². The summed E-state index contributed by atoms with van der Waals surface area (Å²) >= 11 is 0.908. The molecule has 0 aliphatic rings. The Morgan fingerprint density at radius 2 is 1.91 bits per heavy atom. The molecule has 11 heteroatoms. The van der Waals surface area contributed by atoms with Crippen molar-refractivity contribution < 1.29 is 23.5 Å². The lowest BCUT2D eigenvalue weighted by atomic mass is 9.96. The van der Waals surface area contributed by atoms with Gasteiger partial charge in [0.1, 0.15) is 28.9 Å². The van der Waals surface area contributed by atoms with E-state index in [1.54, 1.807) is 24.3 Å². The van der Waals surface area contributed by atoms with Crippen LogP contribution in [0.5, 0.6) is 0 Å². The number of nitriles is 1. The molecule has 0 aliphatic carbocycles. The number of aliphatic hydroxyl groups is 1. The maximum Gasteiger partial charge on any atom is 0.251 e. The van der Waals surface area contributed by atoms with Crippen LogP contribution in [-0.2, 0) is 16.9 Å². The molecule has 1 aromatic carbocycles. The van der Waals surface area contributed by atoms with Crippen LogP contribution in [0.4, 0.5) is 19.6 Å². The summed E-state index contributed by atoms with van der Waals surface area (Å²) in [5.41, 5.74) is 4.24. The molecule has 0 aliphatic heterocycles. The van der Waals surface area contributed by atoms with E-state index in [-0.39, 0.29) is 39.5 Å². The van der Waals surface area contributed by atoms with Crippen LogP contribution >= 0.6 is 11.3 Å². The molecule has 0 unspecified atom stereocenters. The molecule has 0 saturated carbocycles. The molecule has 3 aromatic rings. The Kier molecular flexibility index (Phi) is 7.24. The number of halogens is 2. The molecule has 8 nitrogen and oxygen atoms in total. The minimum Gasteiger partial charge on any atom is -0.386 e. The molecule has 0 spiro atoms. The van der Waals surface area contributed by atoms with Crippen LogP contribution < -0.4 is 16.4 Å². The fourth-order valence-electron chi connectivity index (χ4n) is 3.04. The molecule has 2 amide bonds. The Hall–Kier alpha value is -3.88. The van der Waals surface area contributed by atoms with E-state index in [0.29, 0.717) is 11.5 Å². The largest absolute Gasteiger partial charge is 0.386 e. The highest BCUT2D eigenvalue weighted by Crippen LogP contribution is 2.40. The molecule has 5 N–H and O–H groups in total. The Labute approximate surface area is 198 Å². The number of rotatable bonds is 8. The minimum atomic E-state index is -1.44. The first-order chi connectivity index (χ1) is 16.0. The van der Waals surface area contributed by atoms with Crippen LogP contribution in [0.3, 0.4) is 0 Å². The predicted octanol–water partition coefficient (Wildman–Crippen LogP) is 3.69. The van der Waals surface area contributed by atoms with Crippen LogP contribution in [0.2, 0.25) is 0 Å². The first kappa shape index (κ1) is 24.8. The number of thiophene rings is 1. The maximum absolute atomic E-state index is 14.8. The topological polar surface area (TPSA) is 141 Å². The molecule has 0 radical (unpaired) electrons. The zero-order valence-corrected chi connectivity index (χ0v) is 19.1. The van der Waals surface area contributed by atoms with Crippen LogP contribution in [-0.4, -0.2) is 21.9 Å². The number of pyridine rings is 1. The van der Waals surface area contributed by atoms with Crippen LogP contribution in [0.25, 0.3) is 10.4 Å². The summed E-state index contributed by atoms with van der Waals surface area (Å²) in [6.07, 6.45) is -0.276. The van der Waals surface area contributed by atoms with Gasteiger partial charge in [-0.25, -0.2) is 13.8 Å². The predicted molar refractivity (Wildman–Crippen MR) is 123 cm³/mol. The molecule has 176 valence electrons. The fourth-order valence-corrected chi connectivity index (χ4v) is 4.16. The molecule has 3 rings (SSSR count). The molecule has 34 heavy (non-hydrogen) atoms. The summed E-state index contributed by atoms with van der Waals surface area (Å²) in [6, 6.07) is 10.0. The zero-order valence-electron chi connectivity index (χ0n) is 18.3. The van der Waals surface area contributed by atoms with E-state index in [2.05, 4.69) is 15.6 Å². The number of aromatic nitrogens is 1. The van der Waals surface area contributed by atoms with Crippen LogP contribution in [0.1, 0.15) is 41.9 Å². The molecule has 0 bridgehead atoms. The summed E-state index contributed by atoms with van der Waals surface area (Å²) in [4.78, 5) is 27.9. The van der Waals surface area contributed by atoms with Gasteiger partial charge in [-0.05, 0) is 49.7 Å². The van der Waals surface area contributed by atoms with E-state index < -0.39 is 29.0 Å². The van der Waals surface area contributed by atoms with Crippen molar-refractivity contribution in [2.24, 2.45) is 5.73 Å². The lowest BCUT2D eigenvalue weighted by Gasteiger charge is -2.18. The highest BCUT2D eigenvalue weighted by atomic mass is 32.1. The van der Waals surface area contributed by atoms with Crippen molar-refractivity contribution in [3.63, 3.8) is 0 Å². The fraction of sp³-hybridized carbons (Fsp3) is 0.217. The number of anilines is 2. The van der Waals surface area contributed by atoms with E-state index in [0.717, 1.165) is 23.5 Å². The van der Waals surface area contributed by atoms with Crippen molar-refractivity contribution in [2.75, 3.05) is 5.32 Å². The summed E-state index contributed by atoms with van der Waals surface area (Å²) in [7, 11) is 0.